The molecule has 1 aromatic heterocycles. The van der Waals surface area contributed by atoms with Gasteiger partial charge < -0.3 is 21.5 Å². The molecule has 45 heavy (non-hydrogen) atoms. The number of amides is 3. The summed E-state index contributed by atoms with van der Waals surface area (Å²) in [5, 5.41) is 16.1. The summed E-state index contributed by atoms with van der Waals surface area (Å²) in [5.41, 5.74) is 10.5. The van der Waals surface area contributed by atoms with E-state index in [2.05, 4.69) is 15.0 Å². The molecule has 3 amide bonds. The molecule has 1 saturated carbocycles. The number of carbonyl (C=O) groups excluding carboxylic acids is 3. The standard InChI is InChI=1S/C35H39N5O4S/c1-22-13-16-27(21-23(22)2)40(35(44)32-29(36)30(39-45-32)33(42)38-26-11-7-4-8-12-26)31(25-14-17-28(41)18-15-25)34(43)37-20-19-24-9-5-3-6-10-24/h3,5-6,9-10,13-18,21,26,31,41H,4,7-8,11-12,19-20,36H2,1-2H3,(H,37,43)(H,38,42)/t31-/m0/s1. The van der Waals surface area contributed by atoms with E-state index in [1.807, 2.05) is 56.3 Å². The Morgan fingerprint density at radius 1 is 0.978 bits per heavy atom. The number of rotatable bonds is 10. The van der Waals surface area contributed by atoms with Crippen molar-refractivity contribution in [2.24, 2.45) is 0 Å². The topological polar surface area (TPSA) is 138 Å². The number of nitrogens with zero attached hydrogens (tertiary/aromatic N) is 2. The van der Waals surface area contributed by atoms with E-state index in [-0.39, 0.29) is 28.0 Å². The number of aromatic nitrogens is 1. The SMILES string of the molecule is Cc1ccc(N(C(=O)c2snc(C(=O)NC3CCCCC3)c2N)[C@H](C(=O)NCCc2ccccc2)c2ccc(O)cc2)cc1C. The number of aryl methyl sites for hydroxylation is 2. The molecule has 1 aliphatic carbocycles. The zero-order valence-electron chi connectivity index (χ0n) is 25.6. The van der Waals surface area contributed by atoms with Gasteiger partial charge in [0.1, 0.15) is 16.7 Å². The number of hydrogen-bond acceptors (Lipinski definition) is 7. The van der Waals surface area contributed by atoms with Gasteiger partial charge in [0.2, 0.25) is 5.91 Å². The van der Waals surface area contributed by atoms with Crippen molar-refractivity contribution in [1.82, 2.24) is 15.0 Å². The van der Waals surface area contributed by atoms with Crippen molar-refractivity contribution in [3.63, 3.8) is 0 Å². The van der Waals surface area contributed by atoms with Crippen LogP contribution in [0.1, 0.15) is 80.6 Å². The van der Waals surface area contributed by atoms with Gasteiger partial charge in [0.15, 0.2) is 5.69 Å². The molecular formula is C35H39N5O4S. The van der Waals surface area contributed by atoms with E-state index in [0.717, 1.165) is 60.3 Å². The van der Waals surface area contributed by atoms with Crippen molar-refractivity contribution < 1.29 is 19.5 Å². The largest absolute Gasteiger partial charge is 0.508 e. The Morgan fingerprint density at radius 2 is 1.69 bits per heavy atom. The summed E-state index contributed by atoms with van der Waals surface area (Å²) in [6.07, 6.45) is 5.66. The summed E-state index contributed by atoms with van der Waals surface area (Å²) in [6.45, 7) is 4.25. The van der Waals surface area contributed by atoms with E-state index in [4.69, 9.17) is 5.73 Å². The molecule has 3 aromatic carbocycles. The van der Waals surface area contributed by atoms with Crippen LogP contribution in [0.15, 0.2) is 72.8 Å². The molecule has 1 aliphatic rings. The maximum Gasteiger partial charge on any atom is 0.273 e. The Kier molecular flexibility index (Phi) is 10.1. The van der Waals surface area contributed by atoms with Gasteiger partial charge in [-0.25, -0.2) is 0 Å². The number of aromatic hydroxyl groups is 1. The average Bonchev–Trinajstić information content (AvgIpc) is 3.43. The third-order valence-electron chi connectivity index (χ3n) is 8.34. The maximum absolute atomic E-state index is 14.5. The molecular weight excluding hydrogens is 586 g/mol. The zero-order chi connectivity index (χ0) is 31.9. The van der Waals surface area contributed by atoms with E-state index < -0.39 is 23.8 Å². The third kappa shape index (κ3) is 7.51. The summed E-state index contributed by atoms with van der Waals surface area (Å²) in [5.74, 6) is -1.32. The van der Waals surface area contributed by atoms with Crippen LogP contribution >= 0.6 is 11.5 Å². The van der Waals surface area contributed by atoms with Crippen LogP contribution in [0.25, 0.3) is 0 Å². The summed E-state index contributed by atoms with van der Waals surface area (Å²) in [4.78, 5) is 43.2. The average molecular weight is 626 g/mol. The van der Waals surface area contributed by atoms with Crippen molar-refractivity contribution in [3.05, 3.63) is 106 Å². The first-order chi connectivity index (χ1) is 21.7. The van der Waals surface area contributed by atoms with Gasteiger partial charge in [-0.3, -0.25) is 19.3 Å². The van der Waals surface area contributed by atoms with Gasteiger partial charge in [-0.15, -0.1) is 0 Å². The minimum Gasteiger partial charge on any atom is -0.508 e. The second kappa shape index (κ2) is 14.4. The molecule has 0 unspecified atom stereocenters. The van der Waals surface area contributed by atoms with Crippen molar-refractivity contribution in [3.8, 4) is 5.75 Å². The zero-order valence-corrected chi connectivity index (χ0v) is 26.4. The van der Waals surface area contributed by atoms with E-state index in [0.29, 0.717) is 24.2 Å². The number of benzene rings is 3. The second-order valence-corrected chi connectivity index (χ2v) is 12.3. The van der Waals surface area contributed by atoms with Crippen LogP contribution in [-0.4, -0.2) is 39.8 Å². The molecule has 5 rings (SSSR count). The minimum atomic E-state index is -1.11. The Hall–Kier alpha value is -4.70. The van der Waals surface area contributed by atoms with E-state index in [1.54, 1.807) is 18.2 Å². The molecule has 0 aliphatic heterocycles. The van der Waals surface area contributed by atoms with Crippen LogP contribution in [0.3, 0.4) is 0 Å². The number of phenols is 1. The first-order valence-corrected chi connectivity index (χ1v) is 16.1. The fourth-order valence-corrected chi connectivity index (χ4v) is 6.37. The molecule has 5 N–H and O–H groups in total. The van der Waals surface area contributed by atoms with Crippen molar-refractivity contribution >= 4 is 40.6 Å². The number of nitrogens with two attached hydrogens (primary N) is 1. The molecule has 0 radical (unpaired) electrons. The molecule has 10 heteroatoms. The Morgan fingerprint density at radius 3 is 2.38 bits per heavy atom. The lowest BCUT2D eigenvalue weighted by Crippen LogP contribution is -2.44. The first kappa shape index (κ1) is 31.7. The highest BCUT2D eigenvalue weighted by atomic mass is 32.1. The van der Waals surface area contributed by atoms with Crippen molar-refractivity contribution in [1.29, 1.82) is 0 Å². The molecule has 234 valence electrons. The molecule has 1 heterocycles. The Bertz CT molecular complexity index is 1650. The van der Waals surface area contributed by atoms with Gasteiger partial charge >= 0.3 is 0 Å². The summed E-state index contributed by atoms with van der Waals surface area (Å²) in [6, 6.07) is 20.5. The van der Waals surface area contributed by atoms with Crippen LogP contribution in [0, 0.1) is 13.8 Å². The monoisotopic (exact) mass is 625 g/mol. The third-order valence-corrected chi connectivity index (χ3v) is 9.19. The fourth-order valence-electron chi connectivity index (χ4n) is 5.63. The van der Waals surface area contributed by atoms with Crippen molar-refractivity contribution in [2.75, 3.05) is 17.2 Å². The van der Waals surface area contributed by atoms with Crippen LogP contribution in [0.4, 0.5) is 11.4 Å². The molecule has 1 fully saturated rings. The number of hydrogen-bond donors (Lipinski definition) is 4. The van der Waals surface area contributed by atoms with Gasteiger partial charge in [0, 0.05) is 18.3 Å². The molecule has 9 nitrogen and oxygen atoms in total. The van der Waals surface area contributed by atoms with Gasteiger partial charge in [-0.05, 0) is 91.2 Å². The smallest absolute Gasteiger partial charge is 0.273 e. The number of carbonyl (C=O) groups is 3. The quantitative estimate of drug-likeness (QED) is 0.174. The normalized spacial score (nSPS) is 14.0. The van der Waals surface area contributed by atoms with Gasteiger partial charge in [0.05, 0.1) is 5.69 Å². The van der Waals surface area contributed by atoms with E-state index in [9.17, 15) is 19.5 Å². The predicted molar refractivity (Wildman–Crippen MR) is 178 cm³/mol. The predicted octanol–water partition coefficient (Wildman–Crippen LogP) is 5.86. The fraction of sp³-hybridized carbons (Fsp3) is 0.314. The van der Waals surface area contributed by atoms with E-state index >= 15 is 0 Å². The summed E-state index contributed by atoms with van der Waals surface area (Å²) < 4.78 is 4.31. The number of anilines is 2. The number of phenolic OH excluding ortho intramolecular Hbond substituents is 1. The van der Waals surface area contributed by atoms with Crippen LogP contribution in [0.5, 0.6) is 5.75 Å². The highest BCUT2D eigenvalue weighted by Crippen LogP contribution is 2.34. The highest BCUT2D eigenvalue weighted by molar-refractivity contribution is 7.09. The molecule has 0 bridgehead atoms. The van der Waals surface area contributed by atoms with Gasteiger partial charge in [-0.2, -0.15) is 4.37 Å². The summed E-state index contributed by atoms with van der Waals surface area (Å²) in [7, 11) is 0. The lowest BCUT2D eigenvalue weighted by Gasteiger charge is -2.31. The van der Waals surface area contributed by atoms with Crippen molar-refractivity contribution in [2.45, 2.75) is 64.5 Å². The first-order valence-electron chi connectivity index (χ1n) is 15.3. The van der Waals surface area contributed by atoms with Crippen LogP contribution < -0.4 is 21.3 Å². The Balaban J connectivity index is 1.51. The molecule has 0 spiro atoms. The van der Waals surface area contributed by atoms with Crippen LogP contribution in [0.2, 0.25) is 0 Å². The van der Waals surface area contributed by atoms with Crippen LogP contribution in [-0.2, 0) is 11.2 Å². The number of nitrogen functional groups attached to an aromatic ring is 1. The molecule has 4 aromatic rings. The maximum atomic E-state index is 14.5. The number of nitrogens with one attached hydrogen (secondary N) is 2. The highest BCUT2D eigenvalue weighted by Gasteiger charge is 2.36. The lowest BCUT2D eigenvalue weighted by molar-refractivity contribution is -0.122. The van der Waals surface area contributed by atoms with Gasteiger partial charge in [0.25, 0.3) is 11.8 Å². The minimum absolute atomic E-state index is 0.0129. The van der Waals surface area contributed by atoms with Gasteiger partial charge in [-0.1, -0.05) is 67.8 Å². The summed E-state index contributed by atoms with van der Waals surface area (Å²) >= 11 is 0.848. The second-order valence-electron chi connectivity index (χ2n) is 11.5. The van der Waals surface area contributed by atoms with E-state index in [1.165, 1.54) is 17.0 Å². The molecule has 1 atom stereocenters. The lowest BCUT2D eigenvalue weighted by atomic mass is 9.95. The Labute approximate surface area is 267 Å². The molecule has 0 saturated heterocycles.